The smallest absolute Gasteiger partial charge is 0.416 e. The first kappa shape index (κ1) is 27.0. The van der Waals surface area contributed by atoms with Crippen molar-refractivity contribution in [1.82, 2.24) is 20.2 Å². The van der Waals surface area contributed by atoms with Crippen molar-refractivity contribution in [3.05, 3.63) is 41.2 Å². The summed E-state index contributed by atoms with van der Waals surface area (Å²) in [5.74, 6) is -0.978. The monoisotopic (exact) mass is 486 g/mol. The molecule has 0 aliphatic carbocycles. The van der Waals surface area contributed by atoms with Gasteiger partial charge < -0.3 is 9.47 Å². The summed E-state index contributed by atoms with van der Waals surface area (Å²) in [7, 11) is 0.0626. The van der Waals surface area contributed by atoms with Crippen molar-refractivity contribution in [2.24, 2.45) is 5.92 Å². The van der Waals surface area contributed by atoms with Crippen LogP contribution in [0.5, 0.6) is 0 Å². The Kier molecular flexibility index (Phi) is 9.59. The van der Waals surface area contributed by atoms with E-state index in [2.05, 4.69) is 35.2 Å². The third-order valence-electron chi connectivity index (χ3n) is 5.43. The highest BCUT2D eigenvalue weighted by atomic mass is 28.3. The first-order valence-electron chi connectivity index (χ1n) is 11.0. The average Bonchev–Trinajstić information content (AvgIpc) is 3.20. The van der Waals surface area contributed by atoms with Crippen LogP contribution in [0, 0.1) is 5.92 Å². The van der Waals surface area contributed by atoms with Crippen molar-refractivity contribution in [2.75, 3.05) is 13.7 Å². The second-order valence-electron chi connectivity index (χ2n) is 9.31. The minimum atomic E-state index is -4.41. The van der Waals surface area contributed by atoms with Crippen molar-refractivity contribution in [2.45, 2.75) is 70.7 Å². The van der Waals surface area contributed by atoms with E-state index < -0.39 is 37.6 Å². The summed E-state index contributed by atoms with van der Waals surface area (Å²) in [5, 5.41) is 12.0. The second-order valence-corrected chi connectivity index (χ2v) is 14.9. The molecule has 1 heterocycles. The Labute approximate surface area is 193 Å². The number of tetrazole rings is 1. The molecule has 11 heteroatoms. The van der Waals surface area contributed by atoms with E-state index in [1.54, 1.807) is 0 Å². The summed E-state index contributed by atoms with van der Waals surface area (Å²) in [6, 6.07) is 5.92. The molecule has 0 saturated heterocycles. The molecule has 0 bridgehead atoms. The number of hydrogen-bond donors (Lipinski definition) is 0. The molecule has 2 rings (SSSR count). The lowest BCUT2D eigenvalue weighted by molar-refractivity contribution is -0.146. The second kappa shape index (κ2) is 11.7. The molecule has 1 aromatic heterocycles. The molecule has 0 N–H and O–H groups in total. The van der Waals surface area contributed by atoms with E-state index in [-0.39, 0.29) is 13.2 Å². The lowest BCUT2D eigenvalue weighted by Crippen LogP contribution is -2.28. The number of carbonyl (C=O) groups is 1. The number of ether oxygens (including phenoxy) is 2. The molecule has 184 valence electrons. The predicted molar refractivity (Wildman–Crippen MR) is 120 cm³/mol. The highest BCUT2D eigenvalue weighted by Crippen LogP contribution is 2.33. The zero-order valence-corrected chi connectivity index (χ0v) is 20.9. The van der Waals surface area contributed by atoms with Gasteiger partial charge in [0.25, 0.3) is 0 Å². The maximum atomic E-state index is 13.0. The topological polar surface area (TPSA) is 79.1 Å². The molecule has 0 saturated carbocycles. The predicted octanol–water partition coefficient (Wildman–Crippen LogP) is 4.92. The van der Waals surface area contributed by atoms with Crippen molar-refractivity contribution < 1.29 is 27.4 Å². The standard InChI is InChI=1S/C22H33F3N4O3Si/c1-6-7-18(21(30)31-2)19(14-16-8-10-17(11-9-16)22(23,24)25)20-26-27-28-29(20)15-32-12-13-33(3,4)5/h8-11,18-19H,6-7,12-15H2,1-5H3/t18-,19-/m0/s1. The zero-order chi connectivity index (χ0) is 24.6. The summed E-state index contributed by atoms with van der Waals surface area (Å²) in [5.41, 5.74) is -0.0753. The van der Waals surface area contributed by atoms with Crippen LogP contribution in [0.25, 0.3) is 0 Å². The summed E-state index contributed by atoms with van der Waals surface area (Å²) >= 11 is 0. The number of rotatable bonds is 12. The van der Waals surface area contributed by atoms with Gasteiger partial charge in [0.2, 0.25) is 0 Å². The largest absolute Gasteiger partial charge is 0.469 e. The van der Waals surface area contributed by atoms with Crippen LogP contribution in [0.3, 0.4) is 0 Å². The maximum Gasteiger partial charge on any atom is 0.416 e. The lowest BCUT2D eigenvalue weighted by atomic mass is 9.83. The minimum absolute atomic E-state index is 0.135. The fraction of sp³-hybridized carbons (Fsp3) is 0.636. The molecule has 0 spiro atoms. The van der Waals surface area contributed by atoms with E-state index in [1.165, 1.54) is 23.9 Å². The Balaban J connectivity index is 2.30. The highest BCUT2D eigenvalue weighted by molar-refractivity contribution is 6.76. The number of nitrogens with zero attached hydrogens (tertiary/aromatic N) is 4. The van der Waals surface area contributed by atoms with Gasteiger partial charge in [-0.1, -0.05) is 45.1 Å². The number of halogens is 3. The highest BCUT2D eigenvalue weighted by Gasteiger charge is 2.35. The Bertz CT molecular complexity index is 882. The molecular weight excluding hydrogens is 453 g/mol. The lowest BCUT2D eigenvalue weighted by Gasteiger charge is -2.24. The fourth-order valence-corrected chi connectivity index (χ4v) is 4.30. The van der Waals surface area contributed by atoms with Gasteiger partial charge in [-0.15, -0.1) is 5.10 Å². The number of methoxy groups -OCH3 is 1. The van der Waals surface area contributed by atoms with Gasteiger partial charge in [-0.25, -0.2) is 4.68 Å². The fourth-order valence-electron chi connectivity index (χ4n) is 3.54. The number of benzene rings is 1. The molecule has 7 nitrogen and oxygen atoms in total. The third kappa shape index (κ3) is 8.22. The molecule has 0 radical (unpaired) electrons. The Hall–Kier alpha value is -2.27. The molecule has 0 aliphatic heterocycles. The third-order valence-corrected chi connectivity index (χ3v) is 7.13. The van der Waals surface area contributed by atoms with Crippen LogP contribution in [-0.2, 0) is 33.6 Å². The number of alkyl halides is 3. The number of esters is 1. The molecule has 0 aliphatic rings. The van der Waals surface area contributed by atoms with Crippen LogP contribution >= 0.6 is 0 Å². The number of hydrogen-bond acceptors (Lipinski definition) is 6. The van der Waals surface area contributed by atoms with Gasteiger partial charge >= 0.3 is 12.1 Å². The quantitative estimate of drug-likeness (QED) is 0.241. The first-order valence-corrected chi connectivity index (χ1v) is 14.7. The number of aromatic nitrogens is 4. The first-order chi connectivity index (χ1) is 15.5. The van der Waals surface area contributed by atoms with Gasteiger partial charge in [-0.2, -0.15) is 13.2 Å². The molecule has 33 heavy (non-hydrogen) atoms. The molecule has 2 aromatic rings. The van der Waals surface area contributed by atoms with Gasteiger partial charge in [-0.3, -0.25) is 4.79 Å². The van der Waals surface area contributed by atoms with E-state index in [0.717, 1.165) is 24.6 Å². The average molecular weight is 487 g/mol. The molecule has 2 atom stereocenters. The van der Waals surface area contributed by atoms with E-state index in [1.807, 2.05) is 6.92 Å². The SMILES string of the molecule is CCC[C@H](C(=O)OC)[C@H](Cc1ccc(C(F)(F)F)cc1)c1nnnn1COCC[Si](C)(C)C. The van der Waals surface area contributed by atoms with E-state index in [9.17, 15) is 18.0 Å². The molecular formula is C22H33F3N4O3Si. The van der Waals surface area contributed by atoms with Crippen LogP contribution in [0.4, 0.5) is 13.2 Å². The van der Waals surface area contributed by atoms with Crippen molar-refractivity contribution in [1.29, 1.82) is 0 Å². The summed E-state index contributed by atoms with van der Waals surface area (Å²) in [6.45, 7) is 9.43. The van der Waals surface area contributed by atoms with E-state index in [0.29, 0.717) is 24.4 Å². The summed E-state index contributed by atoms with van der Waals surface area (Å²) in [4.78, 5) is 12.6. The van der Waals surface area contributed by atoms with Gasteiger partial charge in [0.15, 0.2) is 5.82 Å². The molecule has 0 fully saturated rings. The van der Waals surface area contributed by atoms with Gasteiger partial charge in [-0.05, 0) is 47.0 Å². The zero-order valence-electron chi connectivity index (χ0n) is 19.9. The van der Waals surface area contributed by atoms with Gasteiger partial charge in [0.1, 0.15) is 6.73 Å². The Morgan fingerprint density at radius 2 is 1.85 bits per heavy atom. The Morgan fingerprint density at radius 1 is 1.18 bits per heavy atom. The molecule has 0 amide bonds. The Morgan fingerprint density at radius 3 is 2.39 bits per heavy atom. The van der Waals surface area contributed by atoms with Crippen LogP contribution in [0.2, 0.25) is 25.7 Å². The number of carbonyl (C=O) groups excluding carboxylic acids is 1. The summed E-state index contributed by atoms with van der Waals surface area (Å²) < 4.78 is 51.2. The van der Waals surface area contributed by atoms with Crippen LogP contribution in [-0.4, -0.2) is 48.0 Å². The van der Waals surface area contributed by atoms with Crippen molar-refractivity contribution >= 4 is 14.0 Å². The van der Waals surface area contributed by atoms with Crippen molar-refractivity contribution in [3.8, 4) is 0 Å². The van der Waals surface area contributed by atoms with Gasteiger partial charge in [0.05, 0.1) is 18.6 Å². The van der Waals surface area contributed by atoms with E-state index >= 15 is 0 Å². The maximum absolute atomic E-state index is 13.0. The molecule has 1 aromatic carbocycles. The normalized spacial score (nSPS) is 14.2. The summed E-state index contributed by atoms with van der Waals surface area (Å²) in [6.07, 6.45) is -2.88. The van der Waals surface area contributed by atoms with Crippen molar-refractivity contribution in [3.63, 3.8) is 0 Å². The van der Waals surface area contributed by atoms with Crippen LogP contribution in [0.15, 0.2) is 24.3 Å². The van der Waals surface area contributed by atoms with Gasteiger partial charge in [0, 0.05) is 20.6 Å². The molecule has 0 unspecified atom stereocenters. The van der Waals surface area contributed by atoms with Crippen LogP contribution < -0.4 is 0 Å². The van der Waals surface area contributed by atoms with E-state index in [4.69, 9.17) is 9.47 Å². The minimum Gasteiger partial charge on any atom is -0.469 e. The van der Waals surface area contributed by atoms with Crippen LogP contribution in [0.1, 0.15) is 42.6 Å².